The SMILES string of the molecule is NC=C(NC(=O)[C@@H]1CCCC[C@H]1C(=O)c1ccc(-c2ccnn2C2CCCCO2)cc1)C1=NCCNC1=O. The van der Waals surface area contributed by atoms with Crippen LogP contribution in [0.2, 0.25) is 0 Å². The highest BCUT2D eigenvalue weighted by Gasteiger charge is 2.37. The minimum Gasteiger partial charge on any atom is -0.403 e. The van der Waals surface area contributed by atoms with Gasteiger partial charge in [-0.15, -0.1) is 0 Å². The summed E-state index contributed by atoms with van der Waals surface area (Å²) < 4.78 is 7.82. The average molecular weight is 519 g/mol. The molecular weight excluding hydrogens is 484 g/mol. The summed E-state index contributed by atoms with van der Waals surface area (Å²) in [6, 6.07) is 9.46. The molecular formula is C28H34N6O4. The molecule has 4 N–H and O–H groups in total. The number of benzene rings is 1. The van der Waals surface area contributed by atoms with Gasteiger partial charge in [0.15, 0.2) is 12.0 Å². The van der Waals surface area contributed by atoms with E-state index in [-0.39, 0.29) is 35.2 Å². The van der Waals surface area contributed by atoms with Gasteiger partial charge in [0, 0.05) is 42.9 Å². The van der Waals surface area contributed by atoms with Gasteiger partial charge in [0.2, 0.25) is 5.91 Å². The fourth-order valence-corrected chi connectivity index (χ4v) is 5.57. The molecule has 200 valence electrons. The lowest BCUT2D eigenvalue weighted by Crippen LogP contribution is -2.45. The largest absolute Gasteiger partial charge is 0.403 e. The molecule has 0 spiro atoms. The Kier molecular flexibility index (Phi) is 7.97. The van der Waals surface area contributed by atoms with Crippen LogP contribution in [0.4, 0.5) is 0 Å². The van der Waals surface area contributed by atoms with Gasteiger partial charge >= 0.3 is 0 Å². The second-order valence-electron chi connectivity index (χ2n) is 9.98. The molecule has 10 nitrogen and oxygen atoms in total. The van der Waals surface area contributed by atoms with E-state index in [0.29, 0.717) is 31.5 Å². The Bertz CT molecular complexity index is 1240. The van der Waals surface area contributed by atoms with Crippen molar-refractivity contribution in [2.45, 2.75) is 51.2 Å². The maximum Gasteiger partial charge on any atom is 0.271 e. The molecule has 1 aromatic carbocycles. The number of nitrogens with one attached hydrogen (secondary N) is 2. The molecule has 2 aliphatic heterocycles. The van der Waals surface area contributed by atoms with Crippen LogP contribution in [0.25, 0.3) is 11.3 Å². The third-order valence-corrected chi connectivity index (χ3v) is 7.57. The zero-order chi connectivity index (χ0) is 26.5. The highest BCUT2D eigenvalue weighted by Crippen LogP contribution is 2.34. The molecule has 1 unspecified atom stereocenters. The predicted molar refractivity (Wildman–Crippen MR) is 142 cm³/mol. The van der Waals surface area contributed by atoms with Crippen molar-refractivity contribution in [2.24, 2.45) is 22.6 Å². The van der Waals surface area contributed by atoms with Gasteiger partial charge in [-0.2, -0.15) is 5.10 Å². The number of nitrogens with two attached hydrogens (primary N) is 1. The quantitative estimate of drug-likeness (QED) is 0.482. The van der Waals surface area contributed by atoms with Crippen molar-refractivity contribution in [1.82, 2.24) is 20.4 Å². The zero-order valence-electron chi connectivity index (χ0n) is 21.4. The van der Waals surface area contributed by atoms with E-state index in [0.717, 1.165) is 50.0 Å². The van der Waals surface area contributed by atoms with Crippen LogP contribution in [-0.2, 0) is 14.3 Å². The Labute approximate surface area is 221 Å². The van der Waals surface area contributed by atoms with E-state index in [1.807, 2.05) is 35.0 Å². The lowest BCUT2D eigenvalue weighted by molar-refractivity contribution is -0.126. The molecule has 2 fully saturated rings. The molecule has 1 saturated heterocycles. The molecule has 10 heteroatoms. The van der Waals surface area contributed by atoms with Crippen LogP contribution in [0, 0.1) is 11.8 Å². The Morgan fingerprint density at radius 1 is 1.05 bits per heavy atom. The lowest BCUT2D eigenvalue weighted by Gasteiger charge is -2.30. The molecule has 2 aromatic rings. The van der Waals surface area contributed by atoms with Crippen LogP contribution in [0.5, 0.6) is 0 Å². The number of ketones is 1. The van der Waals surface area contributed by atoms with E-state index in [2.05, 4.69) is 20.7 Å². The van der Waals surface area contributed by atoms with Gasteiger partial charge in [-0.1, -0.05) is 37.1 Å². The number of hydrogen-bond acceptors (Lipinski definition) is 7. The van der Waals surface area contributed by atoms with Crippen LogP contribution < -0.4 is 16.4 Å². The number of amides is 2. The van der Waals surface area contributed by atoms with Gasteiger partial charge in [0.25, 0.3) is 5.91 Å². The van der Waals surface area contributed by atoms with Crippen molar-refractivity contribution < 1.29 is 19.1 Å². The van der Waals surface area contributed by atoms with Crippen LogP contribution in [0.3, 0.4) is 0 Å². The number of ether oxygens (including phenoxy) is 1. The average Bonchev–Trinajstić information content (AvgIpc) is 3.46. The molecule has 1 aromatic heterocycles. The highest BCUT2D eigenvalue weighted by molar-refractivity contribution is 6.45. The minimum absolute atomic E-state index is 0.0495. The number of aromatic nitrogens is 2. The summed E-state index contributed by atoms with van der Waals surface area (Å²) in [7, 11) is 0. The van der Waals surface area contributed by atoms with Crippen LogP contribution in [0.1, 0.15) is 61.5 Å². The number of rotatable bonds is 7. The summed E-state index contributed by atoms with van der Waals surface area (Å²) in [5.74, 6) is -1.69. The first kappa shape index (κ1) is 25.8. The predicted octanol–water partition coefficient (Wildman–Crippen LogP) is 2.73. The standard InChI is InChI=1S/C28H34N6O4/c29-17-22(25-28(37)31-15-14-30-25)33-27(36)21-6-2-1-5-20(21)26(35)19-10-8-18(9-11-19)23-12-13-32-34(23)24-7-3-4-16-38-24/h8-13,17,20-21,24H,1-7,14-16,29H2,(H,31,37)(H,33,36)/t20-,21-,24?/m1/s1. The van der Waals surface area contributed by atoms with E-state index in [9.17, 15) is 14.4 Å². The highest BCUT2D eigenvalue weighted by atomic mass is 16.5. The van der Waals surface area contributed by atoms with E-state index in [1.165, 1.54) is 6.20 Å². The van der Waals surface area contributed by atoms with Crippen molar-refractivity contribution in [2.75, 3.05) is 19.7 Å². The fourth-order valence-electron chi connectivity index (χ4n) is 5.57. The van der Waals surface area contributed by atoms with E-state index in [4.69, 9.17) is 10.5 Å². The number of Topliss-reactive ketones (excluding diaryl/α,β-unsaturated/α-hetero) is 1. The van der Waals surface area contributed by atoms with Crippen LogP contribution in [0.15, 0.2) is 53.4 Å². The van der Waals surface area contributed by atoms with Gasteiger partial charge in [-0.3, -0.25) is 19.4 Å². The molecule has 3 atom stereocenters. The Balaban J connectivity index is 1.30. The molecule has 0 radical (unpaired) electrons. The summed E-state index contributed by atoms with van der Waals surface area (Å²) >= 11 is 0. The molecule has 38 heavy (non-hydrogen) atoms. The van der Waals surface area contributed by atoms with E-state index in [1.54, 1.807) is 6.20 Å². The first-order chi connectivity index (χ1) is 18.6. The molecule has 3 aliphatic rings. The third kappa shape index (κ3) is 5.40. The maximum absolute atomic E-state index is 13.6. The Hall–Kier alpha value is -3.79. The summed E-state index contributed by atoms with van der Waals surface area (Å²) in [5, 5.41) is 9.95. The van der Waals surface area contributed by atoms with Gasteiger partial charge in [-0.25, -0.2) is 4.68 Å². The van der Waals surface area contributed by atoms with Crippen LogP contribution in [-0.4, -0.2) is 52.8 Å². The number of aliphatic imine (C=N–C) groups is 1. The van der Waals surface area contributed by atoms with Crippen molar-refractivity contribution in [3.8, 4) is 11.3 Å². The number of hydrogen-bond donors (Lipinski definition) is 3. The van der Waals surface area contributed by atoms with Gasteiger partial charge < -0.3 is 21.1 Å². The third-order valence-electron chi connectivity index (χ3n) is 7.57. The van der Waals surface area contributed by atoms with Gasteiger partial charge in [-0.05, 0) is 43.7 Å². The minimum atomic E-state index is -0.511. The number of nitrogens with zero attached hydrogens (tertiary/aromatic N) is 3. The van der Waals surface area contributed by atoms with E-state index < -0.39 is 11.8 Å². The molecule has 1 aliphatic carbocycles. The van der Waals surface area contributed by atoms with E-state index >= 15 is 0 Å². The molecule has 3 heterocycles. The first-order valence-electron chi connectivity index (χ1n) is 13.4. The van der Waals surface area contributed by atoms with Crippen molar-refractivity contribution >= 4 is 23.3 Å². The van der Waals surface area contributed by atoms with Crippen molar-refractivity contribution in [3.05, 3.63) is 54.0 Å². The number of carbonyl (C=O) groups is 3. The summed E-state index contributed by atoms with van der Waals surface area (Å²) in [4.78, 5) is 43.3. The Morgan fingerprint density at radius 2 is 1.82 bits per heavy atom. The summed E-state index contributed by atoms with van der Waals surface area (Å²) in [6.45, 7) is 1.60. The number of carbonyl (C=O) groups excluding carboxylic acids is 3. The summed E-state index contributed by atoms with van der Waals surface area (Å²) in [5.41, 5.74) is 8.48. The zero-order valence-corrected chi connectivity index (χ0v) is 21.4. The van der Waals surface area contributed by atoms with Crippen molar-refractivity contribution in [3.63, 3.8) is 0 Å². The maximum atomic E-state index is 13.6. The molecule has 1 saturated carbocycles. The van der Waals surface area contributed by atoms with Gasteiger partial charge in [0.1, 0.15) is 5.71 Å². The van der Waals surface area contributed by atoms with Crippen LogP contribution >= 0.6 is 0 Å². The molecule has 0 bridgehead atoms. The summed E-state index contributed by atoms with van der Waals surface area (Å²) in [6.07, 6.45) is 8.95. The van der Waals surface area contributed by atoms with Gasteiger partial charge in [0.05, 0.1) is 17.9 Å². The topological polar surface area (TPSA) is 141 Å². The first-order valence-corrected chi connectivity index (χ1v) is 13.4. The lowest BCUT2D eigenvalue weighted by atomic mass is 9.75. The molecule has 5 rings (SSSR count). The monoisotopic (exact) mass is 518 g/mol. The molecule has 2 amide bonds. The fraction of sp³-hybridized carbons (Fsp3) is 0.464. The smallest absolute Gasteiger partial charge is 0.271 e. The normalized spacial score (nSPS) is 24.3. The second kappa shape index (κ2) is 11.7. The Morgan fingerprint density at radius 3 is 2.53 bits per heavy atom. The van der Waals surface area contributed by atoms with Crippen molar-refractivity contribution in [1.29, 1.82) is 0 Å². The second-order valence-corrected chi connectivity index (χ2v) is 9.98.